The second kappa shape index (κ2) is 6.01. The molecule has 0 atom stereocenters. The van der Waals surface area contributed by atoms with E-state index in [-0.39, 0.29) is 11.1 Å². The summed E-state index contributed by atoms with van der Waals surface area (Å²) in [5, 5.41) is 3.12. The van der Waals surface area contributed by atoms with Crippen LogP contribution in [-0.2, 0) is 0 Å². The first-order valence-electron chi connectivity index (χ1n) is 6.24. The first-order valence-corrected chi connectivity index (χ1v) is 6.62. The first kappa shape index (κ1) is 14.5. The van der Waals surface area contributed by atoms with Gasteiger partial charge in [0.05, 0.1) is 22.5 Å². The molecule has 0 aliphatic rings. The number of hydrogen-bond donors (Lipinski definition) is 2. The predicted molar refractivity (Wildman–Crippen MR) is 81.3 cm³/mol. The second-order valence-corrected chi connectivity index (χ2v) is 5.08. The average molecular weight is 295 g/mol. The van der Waals surface area contributed by atoms with E-state index < -0.39 is 5.82 Å². The molecule has 5 heteroatoms. The summed E-state index contributed by atoms with van der Waals surface area (Å²) in [5.74, 6) is 0.256. The number of rotatable bonds is 4. The minimum atomic E-state index is -0.532. The standard InChI is InChI=1S/C15H16ClFN2O/c1-9(2)20-11-5-3-10(4-6-11)19-15-7-12(16)13(17)8-14(15)18/h3-9,19H,18H2,1-2H3. The van der Waals surface area contributed by atoms with E-state index in [1.165, 1.54) is 12.1 Å². The highest BCUT2D eigenvalue weighted by Gasteiger charge is 2.07. The monoisotopic (exact) mass is 294 g/mol. The van der Waals surface area contributed by atoms with E-state index in [4.69, 9.17) is 22.1 Å². The Kier molecular flexibility index (Phi) is 4.35. The van der Waals surface area contributed by atoms with Gasteiger partial charge in [0.15, 0.2) is 0 Å². The van der Waals surface area contributed by atoms with Crippen LogP contribution in [0.4, 0.5) is 21.5 Å². The van der Waals surface area contributed by atoms with Crippen molar-refractivity contribution in [3.05, 3.63) is 47.2 Å². The molecule has 0 unspecified atom stereocenters. The normalized spacial score (nSPS) is 10.7. The van der Waals surface area contributed by atoms with Crippen LogP contribution in [0.5, 0.6) is 5.75 Å². The van der Waals surface area contributed by atoms with Crippen molar-refractivity contribution in [2.45, 2.75) is 20.0 Å². The SMILES string of the molecule is CC(C)Oc1ccc(Nc2cc(Cl)c(F)cc2N)cc1. The predicted octanol–water partition coefficient (Wildman–Crippen LogP) is 4.59. The first-order chi connectivity index (χ1) is 9.45. The Morgan fingerprint density at radius 3 is 2.45 bits per heavy atom. The van der Waals surface area contributed by atoms with Crippen molar-refractivity contribution in [1.82, 2.24) is 0 Å². The van der Waals surface area contributed by atoms with Crippen LogP contribution in [0.3, 0.4) is 0 Å². The molecule has 2 aromatic carbocycles. The number of nitrogens with two attached hydrogens (primary N) is 1. The minimum Gasteiger partial charge on any atom is -0.491 e. The molecule has 0 aliphatic carbocycles. The van der Waals surface area contributed by atoms with Crippen LogP contribution in [0.2, 0.25) is 5.02 Å². The van der Waals surface area contributed by atoms with Gasteiger partial charge in [0.25, 0.3) is 0 Å². The fourth-order valence-electron chi connectivity index (χ4n) is 1.71. The molecule has 0 spiro atoms. The molecule has 20 heavy (non-hydrogen) atoms. The summed E-state index contributed by atoms with van der Waals surface area (Å²) in [5.41, 5.74) is 7.43. The fourth-order valence-corrected chi connectivity index (χ4v) is 1.88. The van der Waals surface area contributed by atoms with Crippen molar-refractivity contribution < 1.29 is 9.13 Å². The van der Waals surface area contributed by atoms with Gasteiger partial charge in [-0.05, 0) is 44.2 Å². The Labute approximate surface area is 122 Å². The van der Waals surface area contributed by atoms with Gasteiger partial charge in [-0.3, -0.25) is 0 Å². The summed E-state index contributed by atoms with van der Waals surface area (Å²) in [6.45, 7) is 3.93. The number of ether oxygens (including phenoxy) is 1. The third-order valence-electron chi connectivity index (χ3n) is 2.60. The molecular formula is C15H16ClFN2O. The van der Waals surface area contributed by atoms with Gasteiger partial charge in [0, 0.05) is 11.8 Å². The topological polar surface area (TPSA) is 47.3 Å². The number of anilines is 3. The fraction of sp³-hybridized carbons (Fsp3) is 0.200. The van der Waals surface area contributed by atoms with E-state index in [1.54, 1.807) is 0 Å². The molecule has 0 saturated heterocycles. The van der Waals surface area contributed by atoms with Gasteiger partial charge >= 0.3 is 0 Å². The Morgan fingerprint density at radius 2 is 1.85 bits per heavy atom. The third-order valence-corrected chi connectivity index (χ3v) is 2.89. The van der Waals surface area contributed by atoms with Gasteiger partial charge in [0.1, 0.15) is 11.6 Å². The lowest BCUT2D eigenvalue weighted by molar-refractivity contribution is 0.242. The zero-order valence-corrected chi connectivity index (χ0v) is 12.0. The quantitative estimate of drug-likeness (QED) is 0.811. The molecule has 0 heterocycles. The van der Waals surface area contributed by atoms with Crippen molar-refractivity contribution in [2.24, 2.45) is 0 Å². The van der Waals surface area contributed by atoms with Gasteiger partial charge in [-0.1, -0.05) is 11.6 Å². The van der Waals surface area contributed by atoms with Crippen molar-refractivity contribution in [3.63, 3.8) is 0 Å². The van der Waals surface area contributed by atoms with Crippen LogP contribution in [0, 0.1) is 5.82 Å². The molecule has 0 bridgehead atoms. The van der Waals surface area contributed by atoms with Crippen LogP contribution < -0.4 is 15.8 Å². The Morgan fingerprint density at radius 1 is 1.20 bits per heavy atom. The second-order valence-electron chi connectivity index (χ2n) is 4.67. The van der Waals surface area contributed by atoms with Crippen LogP contribution in [0.15, 0.2) is 36.4 Å². The zero-order chi connectivity index (χ0) is 14.7. The highest BCUT2D eigenvalue weighted by Crippen LogP contribution is 2.29. The molecule has 0 aliphatic heterocycles. The summed E-state index contributed by atoms with van der Waals surface area (Å²) in [6.07, 6.45) is 0.125. The van der Waals surface area contributed by atoms with Crippen LogP contribution in [-0.4, -0.2) is 6.10 Å². The van der Waals surface area contributed by atoms with Gasteiger partial charge in [-0.2, -0.15) is 0 Å². The molecule has 106 valence electrons. The molecule has 0 saturated carbocycles. The van der Waals surface area contributed by atoms with Crippen LogP contribution in [0.25, 0.3) is 0 Å². The number of benzene rings is 2. The highest BCUT2D eigenvalue weighted by atomic mass is 35.5. The highest BCUT2D eigenvalue weighted by molar-refractivity contribution is 6.31. The maximum atomic E-state index is 13.2. The maximum absolute atomic E-state index is 13.2. The maximum Gasteiger partial charge on any atom is 0.143 e. The zero-order valence-electron chi connectivity index (χ0n) is 11.3. The molecule has 0 radical (unpaired) electrons. The average Bonchev–Trinajstić information content (AvgIpc) is 2.37. The summed E-state index contributed by atoms with van der Waals surface area (Å²) >= 11 is 5.74. The molecule has 0 amide bonds. The van der Waals surface area contributed by atoms with E-state index >= 15 is 0 Å². The lowest BCUT2D eigenvalue weighted by Crippen LogP contribution is -2.05. The molecule has 0 fully saturated rings. The van der Waals surface area contributed by atoms with E-state index in [9.17, 15) is 4.39 Å². The summed E-state index contributed by atoms with van der Waals surface area (Å²) in [6, 6.07) is 10.1. The lowest BCUT2D eigenvalue weighted by atomic mass is 10.2. The third kappa shape index (κ3) is 3.54. The molecule has 2 rings (SSSR count). The molecule has 0 aromatic heterocycles. The Hall–Kier alpha value is -1.94. The largest absolute Gasteiger partial charge is 0.491 e. The van der Waals surface area contributed by atoms with Crippen molar-refractivity contribution in [3.8, 4) is 5.75 Å². The molecule has 3 N–H and O–H groups in total. The van der Waals surface area contributed by atoms with Gasteiger partial charge in [-0.15, -0.1) is 0 Å². The Bertz CT molecular complexity index is 600. The van der Waals surface area contributed by atoms with Gasteiger partial charge in [0.2, 0.25) is 0 Å². The van der Waals surface area contributed by atoms with E-state index in [2.05, 4.69) is 5.32 Å². The van der Waals surface area contributed by atoms with Crippen molar-refractivity contribution in [1.29, 1.82) is 0 Å². The number of halogens is 2. The van der Waals surface area contributed by atoms with Crippen LogP contribution in [0.1, 0.15) is 13.8 Å². The molecular weight excluding hydrogens is 279 g/mol. The number of nitrogens with one attached hydrogen (secondary N) is 1. The Balaban J connectivity index is 2.16. The molecule has 2 aromatic rings. The van der Waals surface area contributed by atoms with Gasteiger partial charge in [-0.25, -0.2) is 4.39 Å². The summed E-state index contributed by atoms with van der Waals surface area (Å²) in [4.78, 5) is 0. The van der Waals surface area contributed by atoms with E-state index in [0.29, 0.717) is 11.4 Å². The number of hydrogen-bond acceptors (Lipinski definition) is 3. The summed E-state index contributed by atoms with van der Waals surface area (Å²) < 4.78 is 18.8. The van der Waals surface area contributed by atoms with Crippen LogP contribution >= 0.6 is 11.6 Å². The van der Waals surface area contributed by atoms with Crippen molar-refractivity contribution >= 4 is 28.7 Å². The van der Waals surface area contributed by atoms with E-state index in [1.807, 2.05) is 38.1 Å². The summed E-state index contributed by atoms with van der Waals surface area (Å²) in [7, 11) is 0. The lowest BCUT2D eigenvalue weighted by Gasteiger charge is -2.12. The molecule has 3 nitrogen and oxygen atoms in total. The minimum absolute atomic E-state index is 0.0291. The smallest absolute Gasteiger partial charge is 0.143 e. The van der Waals surface area contributed by atoms with E-state index in [0.717, 1.165) is 11.4 Å². The van der Waals surface area contributed by atoms with Crippen molar-refractivity contribution in [2.75, 3.05) is 11.1 Å². The number of nitrogen functional groups attached to an aromatic ring is 1. The van der Waals surface area contributed by atoms with Gasteiger partial charge < -0.3 is 15.8 Å².